The van der Waals surface area contributed by atoms with Crippen molar-refractivity contribution in [1.29, 1.82) is 0 Å². The number of ether oxygens (including phenoxy) is 1. The zero-order chi connectivity index (χ0) is 13.1. The van der Waals surface area contributed by atoms with Gasteiger partial charge in [0.15, 0.2) is 11.5 Å². The fraction of sp³-hybridized carbons (Fsp3) is 0.417. The van der Waals surface area contributed by atoms with E-state index in [1.54, 1.807) is 0 Å². The number of esters is 1. The molecule has 2 N–H and O–H groups in total. The Balaban J connectivity index is 2.56. The lowest BCUT2D eigenvalue weighted by Gasteiger charge is -2.23. The minimum Gasteiger partial charge on any atom is -0.504 e. The molecule has 1 aromatic carbocycles. The molecule has 94 valence electrons. The van der Waals surface area contributed by atoms with Crippen LogP contribution in [0.2, 0.25) is 0 Å². The third kappa shape index (κ3) is 4.32. The van der Waals surface area contributed by atoms with E-state index in [9.17, 15) is 9.90 Å². The standard InChI is InChI=1S/C12H17NO4/c1-13(2,3)6-7-17-12(16)9-4-5-10(14)11(15)8-9/h4-5,8H,6-7H2,1-3H3,(H-,14,15,16)/p+1. The van der Waals surface area contributed by atoms with Crippen LogP contribution in [0.15, 0.2) is 18.2 Å². The van der Waals surface area contributed by atoms with Gasteiger partial charge in [0.05, 0.1) is 26.7 Å². The van der Waals surface area contributed by atoms with Crippen LogP contribution in [0.5, 0.6) is 11.5 Å². The highest BCUT2D eigenvalue weighted by Crippen LogP contribution is 2.25. The van der Waals surface area contributed by atoms with Crippen LogP contribution in [-0.2, 0) is 4.74 Å². The van der Waals surface area contributed by atoms with Gasteiger partial charge in [0, 0.05) is 0 Å². The average molecular weight is 240 g/mol. The summed E-state index contributed by atoms with van der Waals surface area (Å²) in [5, 5.41) is 18.3. The van der Waals surface area contributed by atoms with Gasteiger partial charge in [-0.15, -0.1) is 0 Å². The van der Waals surface area contributed by atoms with Crippen LogP contribution in [-0.4, -0.2) is 55.0 Å². The van der Waals surface area contributed by atoms with E-state index in [0.717, 1.165) is 0 Å². The number of likely N-dealkylation sites (N-methyl/N-ethyl adjacent to an activating group) is 1. The molecule has 5 nitrogen and oxygen atoms in total. The third-order valence-electron chi connectivity index (χ3n) is 2.21. The molecule has 0 aliphatic carbocycles. The number of phenols is 2. The molecule has 0 heterocycles. The van der Waals surface area contributed by atoms with Crippen LogP contribution in [0.1, 0.15) is 10.4 Å². The SMILES string of the molecule is C[N+](C)(C)CCOC(=O)c1ccc(O)c(O)c1. The largest absolute Gasteiger partial charge is 0.504 e. The topological polar surface area (TPSA) is 66.8 Å². The van der Waals surface area contributed by atoms with Crippen molar-refractivity contribution in [1.82, 2.24) is 0 Å². The van der Waals surface area contributed by atoms with Crippen LogP contribution in [0.4, 0.5) is 0 Å². The first-order valence-corrected chi connectivity index (χ1v) is 5.29. The quantitative estimate of drug-likeness (QED) is 0.467. The number of quaternary nitrogens is 1. The summed E-state index contributed by atoms with van der Waals surface area (Å²) in [4.78, 5) is 11.6. The first kappa shape index (κ1) is 13.3. The second-order valence-corrected chi connectivity index (χ2v) is 4.85. The van der Waals surface area contributed by atoms with Crippen molar-refractivity contribution in [3.63, 3.8) is 0 Å². The monoisotopic (exact) mass is 240 g/mol. The molecule has 0 bridgehead atoms. The number of phenolic OH excluding ortho intramolecular Hbond substituents is 2. The predicted molar refractivity (Wildman–Crippen MR) is 63.0 cm³/mol. The van der Waals surface area contributed by atoms with Crippen LogP contribution < -0.4 is 0 Å². The fourth-order valence-electron chi connectivity index (χ4n) is 1.15. The summed E-state index contributed by atoms with van der Waals surface area (Å²) in [6, 6.07) is 3.85. The van der Waals surface area contributed by atoms with Gasteiger partial charge in [-0.25, -0.2) is 4.79 Å². The number of rotatable bonds is 4. The highest BCUT2D eigenvalue weighted by atomic mass is 16.5. The van der Waals surface area contributed by atoms with E-state index in [0.29, 0.717) is 17.6 Å². The number of benzene rings is 1. The number of hydrogen-bond donors (Lipinski definition) is 2. The summed E-state index contributed by atoms with van der Waals surface area (Å²) in [7, 11) is 6.00. The van der Waals surface area contributed by atoms with Gasteiger partial charge in [0.1, 0.15) is 13.2 Å². The smallest absolute Gasteiger partial charge is 0.338 e. The summed E-state index contributed by atoms with van der Waals surface area (Å²) >= 11 is 0. The number of nitrogens with zero attached hydrogens (tertiary/aromatic N) is 1. The lowest BCUT2D eigenvalue weighted by Crippen LogP contribution is -2.38. The van der Waals surface area contributed by atoms with Crippen molar-refractivity contribution in [2.24, 2.45) is 0 Å². The first-order valence-electron chi connectivity index (χ1n) is 5.29. The molecular formula is C12H18NO4+. The van der Waals surface area contributed by atoms with Crippen LogP contribution in [0.3, 0.4) is 0 Å². The van der Waals surface area contributed by atoms with Gasteiger partial charge in [-0.05, 0) is 18.2 Å². The van der Waals surface area contributed by atoms with Crippen molar-refractivity contribution < 1.29 is 24.2 Å². The summed E-state index contributed by atoms with van der Waals surface area (Å²) in [5.74, 6) is -1.09. The Labute approximate surface area is 100 Å². The molecule has 0 unspecified atom stereocenters. The summed E-state index contributed by atoms with van der Waals surface area (Å²) in [6.45, 7) is 1.01. The molecule has 0 radical (unpaired) electrons. The van der Waals surface area contributed by atoms with E-state index in [4.69, 9.17) is 9.84 Å². The Morgan fingerprint density at radius 1 is 1.24 bits per heavy atom. The van der Waals surface area contributed by atoms with Crippen molar-refractivity contribution in [3.8, 4) is 11.5 Å². The van der Waals surface area contributed by atoms with Gasteiger partial charge in [0.25, 0.3) is 0 Å². The molecule has 0 spiro atoms. The molecular weight excluding hydrogens is 222 g/mol. The zero-order valence-electron chi connectivity index (χ0n) is 10.3. The predicted octanol–water partition coefficient (Wildman–Crippen LogP) is 0.961. The van der Waals surface area contributed by atoms with Crippen molar-refractivity contribution >= 4 is 5.97 Å². The summed E-state index contributed by atoms with van der Waals surface area (Å²) in [5.41, 5.74) is 0.224. The zero-order valence-corrected chi connectivity index (χ0v) is 10.3. The molecule has 1 rings (SSSR count). The Bertz CT molecular complexity index is 409. The molecule has 0 saturated carbocycles. The van der Waals surface area contributed by atoms with Gasteiger partial charge in [-0.2, -0.15) is 0 Å². The molecule has 0 amide bonds. The van der Waals surface area contributed by atoms with Gasteiger partial charge in [-0.1, -0.05) is 0 Å². The minimum atomic E-state index is -0.506. The molecule has 0 aromatic heterocycles. The summed E-state index contributed by atoms with van der Waals surface area (Å²) in [6.07, 6.45) is 0. The van der Waals surface area contributed by atoms with Crippen LogP contribution in [0, 0.1) is 0 Å². The Kier molecular flexibility index (Phi) is 3.96. The summed E-state index contributed by atoms with van der Waals surface area (Å²) < 4.78 is 5.75. The Morgan fingerprint density at radius 2 is 1.88 bits per heavy atom. The molecule has 0 aliphatic rings. The molecule has 0 saturated heterocycles. The van der Waals surface area contributed by atoms with E-state index >= 15 is 0 Å². The van der Waals surface area contributed by atoms with Crippen LogP contribution >= 0.6 is 0 Å². The second-order valence-electron chi connectivity index (χ2n) is 4.85. The molecule has 0 fully saturated rings. The minimum absolute atomic E-state index is 0.224. The third-order valence-corrected chi connectivity index (χ3v) is 2.21. The van der Waals surface area contributed by atoms with E-state index in [1.807, 2.05) is 21.1 Å². The molecule has 0 atom stereocenters. The Hall–Kier alpha value is -1.75. The Morgan fingerprint density at radius 3 is 2.41 bits per heavy atom. The van der Waals surface area contributed by atoms with E-state index in [1.165, 1.54) is 18.2 Å². The van der Waals surface area contributed by atoms with Crippen LogP contribution in [0.25, 0.3) is 0 Å². The number of hydrogen-bond acceptors (Lipinski definition) is 4. The number of carbonyl (C=O) groups is 1. The maximum Gasteiger partial charge on any atom is 0.338 e. The van der Waals surface area contributed by atoms with Crippen molar-refractivity contribution in [2.45, 2.75) is 0 Å². The number of aromatic hydroxyl groups is 2. The van der Waals surface area contributed by atoms with E-state index < -0.39 is 5.97 Å². The maximum absolute atomic E-state index is 11.6. The van der Waals surface area contributed by atoms with Gasteiger partial charge < -0.3 is 19.4 Å². The number of carbonyl (C=O) groups excluding carboxylic acids is 1. The normalized spacial score (nSPS) is 11.2. The highest BCUT2D eigenvalue weighted by molar-refractivity contribution is 5.90. The van der Waals surface area contributed by atoms with E-state index in [-0.39, 0.29) is 17.1 Å². The average Bonchev–Trinajstić information content (AvgIpc) is 2.20. The van der Waals surface area contributed by atoms with Crippen molar-refractivity contribution in [2.75, 3.05) is 34.3 Å². The lowest BCUT2D eigenvalue weighted by molar-refractivity contribution is -0.870. The van der Waals surface area contributed by atoms with E-state index in [2.05, 4.69) is 0 Å². The van der Waals surface area contributed by atoms with Gasteiger partial charge >= 0.3 is 5.97 Å². The molecule has 0 aliphatic heterocycles. The lowest BCUT2D eigenvalue weighted by atomic mass is 10.2. The van der Waals surface area contributed by atoms with Gasteiger partial charge in [-0.3, -0.25) is 0 Å². The molecule has 1 aromatic rings. The molecule has 17 heavy (non-hydrogen) atoms. The first-order chi connectivity index (χ1) is 7.79. The highest BCUT2D eigenvalue weighted by Gasteiger charge is 2.12. The van der Waals surface area contributed by atoms with Crippen molar-refractivity contribution in [3.05, 3.63) is 23.8 Å². The fourth-order valence-corrected chi connectivity index (χ4v) is 1.15. The molecule has 5 heteroatoms. The maximum atomic E-state index is 11.6. The van der Waals surface area contributed by atoms with Gasteiger partial charge in [0.2, 0.25) is 0 Å². The second kappa shape index (κ2) is 5.05.